The molecule has 0 radical (unpaired) electrons. The van der Waals surface area contributed by atoms with E-state index in [1.165, 1.54) is 0 Å². The van der Waals surface area contributed by atoms with Crippen LogP contribution in [0, 0.1) is 0 Å². The number of hydrogen-bond donors (Lipinski definition) is 2. The predicted molar refractivity (Wildman–Crippen MR) is 69.0 cm³/mol. The first-order valence-electron chi connectivity index (χ1n) is 6.15. The van der Waals surface area contributed by atoms with Crippen molar-refractivity contribution >= 4 is 5.69 Å². The van der Waals surface area contributed by atoms with Gasteiger partial charge in [0.1, 0.15) is 6.54 Å². The summed E-state index contributed by atoms with van der Waals surface area (Å²) in [6, 6.07) is 6.55. The van der Waals surface area contributed by atoms with E-state index in [1.54, 1.807) is 24.3 Å². The Hall–Kier alpha value is -1.27. The molecule has 0 fully saturated rings. The largest absolute Gasteiger partial charge is 0.405 e. The number of anilines is 1. The zero-order chi connectivity index (χ0) is 14.5. The van der Waals surface area contributed by atoms with Crippen LogP contribution in [0.1, 0.15) is 24.9 Å². The van der Waals surface area contributed by atoms with Crippen LogP contribution in [0.15, 0.2) is 24.3 Å². The highest BCUT2D eigenvalue weighted by Crippen LogP contribution is 2.23. The van der Waals surface area contributed by atoms with Gasteiger partial charge in [0.2, 0.25) is 0 Å². The van der Waals surface area contributed by atoms with Gasteiger partial charge in [-0.1, -0.05) is 19.1 Å². The molecule has 1 atom stereocenters. The summed E-state index contributed by atoms with van der Waals surface area (Å²) >= 11 is 0. The van der Waals surface area contributed by atoms with E-state index in [4.69, 9.17) is 10.8 Å². The van der Waals surface area contributed by atoms with Gasteiger partial charge in [0.15, 0.2) is 0 Å². The number of halogens is 3. The van der Waals surface area contributed by atoms with E-state index in [0.29, 0.717) is 5.69 Å². The van der Waals surface area contributed by atoms with Gasteiger partial charge in [0.05, 0.1) is 6.61 Å². The number of alkyl halides is 3. The second-order valence-corrected chi connectivity index (χ2v) is 4.37. The summed E-state index contributed by atoms with van der Waals surface area (Å²) in [5, 5.41) is 8.85. The van der Waals surface area contributed by atoms with Crippen molar-refractivity contribution in [1.29, 1.82) is 0 Å². The number of rotatable bonds is 6. The van der Waals surface area contributed by atoms with Gasteiger partial charge in [-0.05, 0) is 24.1 Å². The monoisotopic (exact) mass is 276 g/mol. The average Bonchev–Trinajstić information content (AvgIpc) is 2.36. The second kappa shape index (κ2) is 6.77. The summed E-state index contributed by atoms with van der Waals surface area (Å²) in [7, 11) is 0. The van der Waals surface area contributed by atoms with Crippen molar-refractivity contribution in [2.24, 2.45) is 5.73 Å². The summed E-state index contributed by atoms with van der Waals surface area (Å²) in [6.07, 6.45) is -3.53. The summed E-state index contributed by atoms with van der Waals surface area (Å²) < 4.78 is 37.3. The second-order valence-electron chi connectivity index (χ2n) is 4.37. The van der Waals surface area contributed by atoms with Crippen LogP contribution in [0.4, 0.5) is 18.9 Å². The normalized spacial score (nSPS) is 13.4. The Bertz CT molecular complexity index is 378. The SMILES string of the molecule is CCC(N)c1ccc(N(CCO)CC(F)(F)F)cc1. The Kier molecular flexibility index (Phi) is 5.62. The molecule has 0 aliphatic rings. The minimum absolute atomic E-state index is 0.0569. The van der Waals surface area contributed by atoms with Crippen LogP contribution in [0.2, 0.25) is 0 Å². The Morgan fingerprint density at radius 2 is 1.84 bits per heavy atom. The number of aliphatic hydroxyl groups excluding tert-OH is 1. The number of benzene rings is 1. The van der Waals surface area contributed by atoms with Crippen molar-refractivity contribution in [3.63, 3.8) is 0 Å². The van der Waals surface area contributed by atoms with Crippen LogP contribution in [0.25, 0.3) is 0 Å². The molecule has 3 nitrogen and oxygen atoms in total. The quantitative estimate of drug-likeness (QED) is 0.839. The van der Waals surface area contributed by atoms with Gasteiger partial charge in [0, 0.05) is 18.3 Å². The number of nitrogens with two attached hydrogens (primary N) is 1. The van der Waals surface area contributed by atoms with E-state index in [0.717, 1.165) is 16.9 Å². The van der Waals surface area contributed by atoms with Crippen LogP contribution < -0.4 is 10.6 Å². The van der Waals surface area contributed by atoms with Gasteiger partial charge in [-0.3, -0.25) is 0 Å². The van der Waals surface area contributed by atoms with Gasteiger partial charge in [-0.2, -0.15) is 13.2 Å². The molecule has 0 saturated carbocycles. The molecule has 0 bridgehead atoms. The van der Waals surface area contributed by atoms with Crippen LogP contribution >= 0.6 is 0 Å². The summed E-state index contributed by atoms with van der Waals surface area (Å²) in [6.45, 7) is 0.484. The molecular formula is C13H19F3N2O. The zero-order valence-corrected chi connectivity index (χ0v) is 10.8. The molecule has 3 N–H and O–H groups in total. The maximum absolute atomic E-state index is 12.4. The Balaban J connectivity index is 2.85. The van der Waals surface area contributed by atoms with E-state index in [2.05, 4.69) is 0 Å². The zero-order valence-electron chi connectivity index (χ0n) is 10.8. The molecule has 1 rings (SSSR count). The molecule has 1 aromatic carbocycles. The van der Waals surface area contributed by atoms with Crippen molar-refractivity contribution in [1.82, 2.24) is 0 Å². The van der Waals surface area contributed by atoms with Gasteiger partial charge in [-0.15, -0.1) is 0 Å². The maximum Gasteiger partial charge on any atom is 0.405 e. The van der Waals surface area contributed by atoms with Crippen molar-refractivity contribution in [2.75, 3.05) is 24.6 Å². The lowest BCUT2D eigenvalue weighted by molar-refractivity contribution is -0.119. The fourth-order valence-corrected chi connectivity index (χ4v) is 1.80. The summed E-state index contributed by atoms with van der Waals surface area (Å²) in [5.74, 6) is 0. The predicted octanol–water partition coefficient (Wildman–Crippen LogP) is 2.46. The third-order valence-electron chi connectivity index (χ3n) is 2.87. The molecule has 0 amide bonds. The molecule has 0 saturated heterocycles. The molecule has 0 aliphatic heterocycles. The highest BCUT2D eigenvalue weighted by atomic mass is 19.4. The molecule has 19 heavy (non-hydrogen) atoms. The fourth-order valence-electron chi connectivity index (χ4n) is 1.80. The molecule has 0 spiro atoms. The van der Waals surface area contributed by atoms with Crippen molar-refractivity contribution in [3.8, 4) is 0 Å². The van der Waals surface area contributed by atoms with Gasteiger partial charge < -0.3 is 15.7 Å². The number of hydrogen-bond acceptors (Lipinski definition) is 3. The summed E-state index contributed by atoms with van der Waals surface area (Å²) in [5.41, 5.74) is 7.17. The Labute approximate surface area is 110 Å². The van der Waals surface area contributed by atoms with Gasteiger partial charge in [-0.25, -0.2) is 0 Å². The highest BCUT2D eigenvalue weighted by molar-refractivity contribution is 5.48. The molecule has 0 aromatic heterocycles. The maximum atomic E-state index is 12.4. The third-order valence-corrected chi connectivity index (χ3v) is 2.87. The number of nitrogens with zero attached hydrogens (tertiary/aromatic N) is 1. The molecule has 1 aromatic rings. The highest BCUT2D eigenvalue weighted by Gasteiger charge is 2.30. The minimum atomic E-state index is -4.30. The van der Waals surface area contributed by atoms with Crippen LogP contribution in [-0.4, -0.2) is 31.0 Å². The lowest BCUT2D eigenvalue weighted by Crippen LogP contribution is -2.36. The van der Waals surface area contributed by atoms with E-state index < -0.39 is 12.7 Å². The lowest BCUT2D eigenvalue weighted by Gasteiger charge is -2.25. The first-order valence-corrected chi connectivity index (χ1v) is 6.15. The minimum Gasteiger partial charge on any atom is -0.395 e. The molecule has 0 heterocycles. The van der Waals surface area contributed by atoms with Gasteiger partial charge >= 0.3 is 6.18 Å². The van der Waals surface area contributed by atoms with E-state index in [1.807, 2.05) is 6.92 Å². The molecule has 0 aliphatic carbocycles. The summed E-state index contributed by atoms with van der Waals surface area (Å²) in [4.78, 5) is 1.10. The molecular weight excluding hydrogens is 257 g/mol. The van der Waals surface area contributed by atoms with Crippen molar-refractivity contribution in [2.45, 2.75) is 25.6 Å². The van der Waals surface area contributed by atoms with E-state index >= 15 is 0 Å². The van der Waals surface area contributed by atoms with Crippen molar-refractivity contribution in [3.05, 3.63) is 29.8 Å². The molecule has 108 valence electrons. The van der Waals surface area contributed by atoms with Crippen LogP contribution in [0.3, 0.4) is 0 Å². The Morgan fingerprint density at radius 3 is 2.26 bits per heavy atom. The van der Waals surface area contributed by atoms with Gasteiger partial charge in [0.25, 0.3) is 0 Å². The third kappa shape index (κ3) is 5.08. The number of aliphatic hydroxyl groups is 1. The molecule has 6 heteroatoms. The molecule has 1 unspecified atom stereocenters. The topological polar surface area (TPSA) is 49.5 Å². The smallest absolute Gasteiger partial charge is 0.395 e. The van der Waals surface area contributed by atoms with Crippen molar-refractivity contribution < 1.29 is 18.3 Å². The average molecular weight is 276 g/mol. The fraction of sp³-hybridized carbons (Fsp3) is 0.538. The standard InChI is InChI=1S/C13H19F3N2O/c1-2-12(17)10-3-5-11(6-4-10)18(7-8-19)9-13(14,15)16/h3-6,12,19H,2,7-9,17H2,1H3. The first-order chi connectivity index (χ1) is 8.87. The van der Waals surface area contributed by atoms with Crippen LogP contribution in [0.5, 0.6) is 0 Å². The Morgan fingerprint density at radius 1 is 1.26 bits per heavy atom. The van der Waals surface area contributed by atoms with E-state index in [9.17, 15) is 13.2 Å². The first kappa shape index (κ1) is 15.8. The van der Waals surface area contributed by atoms with E-state index in [-0.39, 0.29) is 19.2 Å². The lowest BCUT2D eigenvalue weighted by atomic mass is 10.1. The van der Waals surface area contributed by atoms with Crippen LogP contribution in [-0.2, 0) is 0 Å².